The molecule has 3 N–H and O–H groups in total. The second kappa shape index (κ2) is 8.41. The summed E-state index contributed by atoms with van der Waals surface area (Å²) >= 11 is 0. The van der Waals surface area contributed by atoms with Gasteiger partial charge in [-0.15, -0.1) is 0 Å². The van der Waals surface area contributed by atoms with Crippen LogP contribution in [-0.2, 0) is 14.3 Å². The maximum absolute atomic E-state index is 12.0. The zero-order chi connectivity index (χ0) is 17.5. The molecule has 0 aliphatic rings. The maximum atomic E-state index is 12.0. The molecule has 0 heterocycles. The predicted octanol–water partition coefficient (Wildman–Crippen LogP) is 3.18. The number of ether oxygens (including phenoxy) is 2. The summed E-state index contributed by atoms with van der Waals surface area (Å²) in [7, 11) is 0. The topological polar surface area (TPSA) is 90.6 Å². The van der Waals surface area contributed by atoms with Gasteiger partial charge in [-0.25, -0.2) is 4.79 Å². The summed E-state index contributed by atoms with van der Waals surface area (Å²) in [5.41, 5.74) is 6.69. The number of nitrogens with two attached hydrogens (primary N) is 1. The smallest absolute Gasteiger partial charge is 0.408 e. The molecule has 0 saturated carbocycles. The fourth-order valence-electron chi connectivity index (χ4n) is 2.08. The van der Waals surface area contributed by atoms with Gasteiger partial charge in [0, 0.05) is 12.1 Å². The van der Waals surface area contributed by atoms with E-state index in [0.717, 1.165) is 5.56 Å². The van der Waals surface area contributed by atoms with Crippen molar-refractivity contribution in [2.45, 2.75) is 52.2 Å². The summed E-state index contributed by atoms with van der Waals surface area (Å²) in [5, 5.41) is 2.78. The van der Waals surface area contributed by atoms with Crippen molar-refractivity contribution >= 4 is 17.7 Å². The Bertz CT molecular complexity index is 538. The normalized spacial score (nSPS) is 12.3. The summed E-state index contributed by atoms with van der Waals surface area (Å²) in [4.78, 5) is 23.6. The molecule has 0 aliphatic carbocycles. The molecule has 1 unspecified atom stereocenters. The fourth-order valence-corrected chi connectivity index (χ4v) is 2.08. The standard InChI is InChI=1S/C17H26N2O4/c1-5-22-15(20)11-10-14(12-8-6-7-9-13(12)18)19-16(21)23-17(2,3)4/h6-9,14H,5,10-11,18H2,1-4H3,(H,19,21). The zero-order valence-corrected chi connectivity index (χ0v) is 14.2. The zero-order valence-electron chi connectivity index (χ0n) is 14.2. The third-order valence-corrected chi connectivity index (χ3v) is 3.00. The highest BCUT2D eigenvalue weighted by atomic mass is 16.6. The van der Waals surface area contributed by atoms with Crippen LogP contribution >= 0.6 is 0 Å². The van der Waals surface area contributed by atoms with E-state index in [0.29, 0.717) is 18.7 Å². The van der Waals surface area contributed by atoms with E-state index in [2.05, 4.69) is 5.32 Å². The van der Waals surface area contributed by atoms with Gasteiger partial charge in [0.25, 0.3) is 0 Å². The van der Waals surface area contributed by atoms with Crippen LogP contribution in [0.4, 0.5) is 10.5 Å². The lowest BCUT2D eigenvalue weighted by Crippen LogP contribution is -2.35. The number of rotatable bonds is 6. The van der Waals surface area contributed by atoms with Crippen molar-refractivity contribution in [3.8, 4) is 0 Å². The first-order valence-corrected chi connectivity index (χ1v) is 7.72. The molecule has 0 spiro atoms. The van der Waals surface area contributed by atoms with E-state index < -0.39 is 17.7 Å². The van der Waals surface area contributed by atoms with Crippen LogP contribution in [0.1, 0.15) is 52.1 Å². The van der Waals surface area contributed by atoms with Crippen LogP contribution in [0.3, 0.4) is 0 Å². The lowest BCUT2D eigenvalue weighted by molar-refractivity contribution is -0.143. The number of carbonyl (C=O) groups excluding carboxylic acids is 2. The van der Waals surface area contributed by atoms with Crippen molar-refractivity contribution < 1.29 is 19.1 Å². The molecule has 1 atom stereocenters. The summed E-state index contributed by atoms with van der Waals surface area (Å²) in [6.45, 7) is 7.45. The SMILES string of the molecule is CCOC(=O)CCC(NC(=O)OC(C)(C)C)c1ccccc1N. The Morgan fingerprint density at radius 3 is 2.48 bits per heavy atom. The van der Waals surface area contributed by atoms with Crippen molar-refractivity contribution in [2.24, 2.45) is 0 Å². The third kappa shape index (κ3) is 7.04. The minimum absolute atomic E-state index is 0.183. The van der Waals surface area contributed by atoms with E-state index in [1.165, 1.54) is 0 Å². The van der Waals surface area contributed by atoms with E-state index in [9.17, 15) is 9.59 Å². The summed E-state index contributed by atoms with van der Waals surface area (Å²) in [6.07, 6.45) is 0.0178. The second-order valence-electron chi connectivity index (χ2n) is 6.17. The number of anilines is 1. The van der Waals surface area contributed by atoms with Crippen LogP contribution in [-0.4, -0.2) is 24.3 Å². The number of amides is 1. The molecule has 0 bridgehead atoms. The first-order chi connectivity index (χ1) is 10.7. The molecule has 128 valence electrons. The largest absolute Gasteiger partial charge is 0.466 e. The molecule has 6 nitrogen and oxygen atoms in total. The van der Waals surface area contributed by atoms with Gasteiger partial charge in [0.05, 0.1) is 12.6 Å². The van der Waals surface area contributed by atoms with Crippen LogP contribution in [0.25, 0.3) is 0 Å². The number of para-hydroxylation sites is 1. The Kier molecular flexibility index (Phi) is 6.88. The Hall–Kier alpha value is -2.24. The molecule has 1 amide bonds. The number of hydrogen-bond acceptors (Lipinski definition) is 5. The number of nitrogens with one attached hydrogen (secondary N) is 1. The van der Waals surface area contributed by atoms with Crippen LogP contribution in [0, 0.1) is 0 Å². The number of esters is 1. The van der Waals surface area contributed by atoms with Crippen LogP contribution < -0.4 is 11.1 Å². The quantitative estimate of drug-likeness (QED) is 0.620. The highest BCUT2D eigenvalue weighted by Crippen LogP contribution is 2.25. The minimum Gasteiger partial charge on any atom is -0.466 e. The number of hydrogen-bond donors (Lipinski definition) is 2. The molecule has 6 heteroatoms. The molecule has 1 aromatic rings. The Morgan fingerprint density at radius 1 is 1.26 bits per heavy atom. The van der Waals surface area contributed by atoms with E-state index in [1.807, 2.05) is 18.2 Å². The minimum atomic E-state index is -0.599. The van der Waals surface area contributed by atoms with Gasteiger partial charge in [0.15, 0.2) is 0 Å². The molecule has 0 saturated heterocycles. The van der Waals surface area contributed by atoms with Gasteiger partial charge in [-0.3, -0.25) is 4.79 Å². The highest BCUT2D eigenvalue weighted by Gasteiger charge is 2.22. The van der Waals surface area contributed by atoms with Gasteiger partial charge in [0.2, 0.25) is 0 Å². The molecular weight excluding hydrogens is 296 g/mol. The van der Waals surface area contributed by atoms with Crippen molar-refractivity contribution in [1.82, 2.24) is 5.32 Å². The number of carbonyl (C=O) groups is 2. The summed E-state index contributed by atoms with van der Waals surface area (Å²) < 4.78 is 10.2. The lowest BCUT2D eigenvalue weighted by Gasteiger charge is -2.24. The van der Waals surface area contributed by atoms with Crippen LogP contribution in [0.5, 0.6) is 0 Å². The fraction of sp³-hybridized carbons (Fsp3) is 0.529. The van der Waals surface area contributed by atoms with Crippen molar-refractivity contribution in [2.75, 3.05) is 12.3 Å². The predicted molar refractivity (Wildman–Crippen MR) is 88.8 cm³/mol. The lowest BCUT2D eigenvalue weighted by atomic mass is 10.0. The van der Waals surface area contributed by atoms with Crippen molar-refractivity contribution in [1.29, 1.82) is 0 Å². The Morgan fingerprint density at radius 2 is 1.91 bits per heavy atom. The average Bonchev–Trinajstić information content (AvgIpc) is 2.42. The summed E-state index contributed by atoms with van der Waals surface area (Å²) in [6, 6.07) is 6.80. The van der Waals surface area contributed by atoms with E-state index in [-0.39, 0.29) is 12.4 Å². The highest BCUT2D eigenvalue weighted by molar-refractivity contribution is 5.71. The molecule has 0 aromatic heterocycles. The monoisotopic (exact) mass is 322 g/mol. The molecule has 23 heavy (non-hydrogen) atoms. The van der Waals surface area contributed by atoms with E-state index >= 15 is 0 Å². The van der Waals surface area contributed by atoms with Crippen molar-refractivity contribution in [3.05, 3.63) is 29.8 Å². The van der Waals surface area contributed by atoms with Crippen LogP contribution in [0.15, 0.2) is 24.3 Å². The number of benzene rings is 1. The molecular formula is C17H26N2O4. The van der Waals surface area contributed by atoms with Gasteiger partial charge in [0.1, 0.15) is 5.60 Å². The molecule has 0 radical (unpaired) electrons. The maximum Gasteiger partial charge on any atom is 0.408 e. The van der Waals surface area contributed by atoms with Gasteiger partial charge < -0.3 is 20.5 Å². The van der Waals surface area contributed by atoms with Gasteiger partial charge >= 0.3 is 12.1 Å². The Labute approximate surface area is 137 Å². The number of alkyl carbamates (subject to hydrolysis) is 1. The van der Waals surface area contributed by atoms with Crippen molar-refractivity contribution in [3.63, 3.8) is 0 Å². The average molecular weight is 322 g/mol. The second-order valence-corrected chi connectivity index (χ2v) is 6.17. The molecule has 1 rings (SSSR count). The first-order valence-electron chi connectivity index (χ1n) is 7.72. The molecule has 1 aromatic carbocycles. The first kappa shape index (κ1) is 18.8. The van der Waals surface area contributed by atoms with Gasteiger partial charge in [-0.1, -0.05) is 18.2 Å². The van der Waals surface area contributed by atoms with Gasteiger partial charge in [-0.2, -0.15) is 0 Å². The molecule has 0 aliphatic heterocycles. The third-order valence-electron chi connectivity index (χ3n) is 3.00. The van der Waals surface area contributed by atoms with E-state index in [4.69, 9.17) is 15.2 Å². The van der Waals surface area contributed by atoms with Crippen LogP contribution in [0.2, 0.25) is 0 Å². The number of nitrogen functional groups attached to an aromatic ring is 1. The van der Waals surface area contributed by atoms with Gasteiger partial charge in [-0.05, 0) is 45.7 Å². The summed E-state index contributed by atoms with van der Waals surface area (Å²) in [5.74, 6) is -0.307. The van der Waals surface area contributed by atoms with E-state index in [1.54, 1.807) is 33.8 Å². The molecule has 0 fully saturated rings. The Balaban J connectivity index is 2.82.